The molecule has 0 N–H and O–H groups in total. The Hall–Kier alpha value is -2.41. The van der Waals surface area contributed by atoms with Gasteiger partial charge in [0.05, 0.1) is 0 Å². The van der Waals surface area contributed by atoms with Crippen LogP contribution in [0.3, 0.4) is 0 Å². The topological polar surface area (TPSA) is 9.23 Å². The van der Waals surface area contributed by atoms with Gasteiger partial charge in [0.2, 0.25) is 0 Å². The van der Waals surface area contributed by atoms with Crippen LogP contribution in [-0.4, -0.2) is 13.3 Å². The Morgan fingerprint density at radius 1 is 0.645 bits per heavy atom. The van der Waals surface area contributed by atoms with Gasteiger partial charge in [-0.05, 0) is 0 Å². The maximum atomic E-state index is 5.43. The van der Waals surface area contributed by atoms with Crippen molar-refractivity contribution in [3.8, 4) is 5.75 Å². The molecule has 0 aliphatic heterocycles. The molecule has 0 unspecified atom stereocenters. The van der Waals surface area contributed by atoms with Gasteiger partial charge in [-0.1, -0.05) is 0 Å². The quantitative estimate of drug-likeness (QED) is 0.257. The molecule has 0 bridgehead atoms. The maximum absolute atomic E-state index is 5.43. The van der Waals surface area contributed by atoms with Crippen molar-refractivity contribution in [2.45, 2.75) is 12.8 Å². The molecule has 3 heteroatoms. The van der Waals surface area contributed by atoms with E-state index in [-0.39, 0.29) is 0 Å². The minimum atomic E-state index is -2.83. The number of halogens is 1. The van der Waals surface area contributed by atoms with Crippen LogP contribution in [0.2, 0.25) is 0 Å². The molecule has 0 spiro atoms. The molecular formula is C28H28BrOP. The predicted octanol–water partition coefficient (Wildman–Crippen LogP) is 6.47. The Balaban J connectivity index is 1.82. The average molecular weight is 491 g/mol. The summed E-state index contributed by atoms with van der Waals surface area (Å²) in [5.41, 5.74) is 1.31. The summed E-state index contributed by atoms with van der Waals surface area (Å²) < 4.78 is 5.43. The number of aryl methyl sites for hydroxylation is 1. The van der Waals surface area contributed by atoms with Gasteiger partial charge in [0.25, 0.3) is 0 Å². The predicted molar refractivity (Wildman–Crippen MR) is 140 cm³/mol. The molecule has 0 amide bonds. The van der Waals surface area contributed by atoms with Gasteiger partial charge in [0.1, 0.15) is 0 Å². The van der Waals surface area contributed by atoms with Gasteiger partial charge in [-0.3, -0.25) is 0 Å². The first-order chi connectivity index (χ1) is 15.1. The Morgan fingerprint density at radius 2 is 1.13 bits per heavy atom. The summed E-state index contributed by atoms with van der Waals surface area (Å²) in [5.74, 6) is 0.919. The first-order valence-electron chi connectivity index (χ1n) is 10.7. The molecule has 0 radical (unpaired) electrons. The molecule has 0 saturated carbocycles. The molecule has 31 heavy (non-hydrogen) atoms. The van der Waals surface area contributed by atoms with Crippen LogP contribution < -0.4 is 20.7 Å². The van der Waals surface area contributed by atoms with E-state index in [0.717, 1.165) is 24.8 Å². The Bertz CT molecular complexity index is 1010. The van der Waals surface area contributed by atoms with Crippen molar-refractivity contribution < 1.29 is 4.74 Å². The van der Waals surface area contributed by atoms with Gasteiger partial charge in [0, 0.05) is 0 Å². The van der Waals surface area contributed by atoms with Crippen LogP contribution in [0.1, 0.15) is 12.0 Å². The third-order valence-corrected chi connectivity index (χ3v) is 16.1. The summed E-state index contributed by atoms with van der Waals surface area (Å²) in [6, 6.07) is 41.4. The van der Waals surface area contributed by atoms with E-state index in [2.05, 4.69) is 125 Å². The van der Waals surface area contributed by atoms with E-state index in [9.17, 15) is 0 Å². The van der Waals surface area contributed by atoms with Crippen molar-refractivity contribution in [1.29, 1.82) is 0 Å². The molecule has 0 heterocycles. The number of methoxy groups -OCH3 is 1. The van der Waals surface area contributed by atoms with Gasteiger partial charge in [-0.2, -0.15) is 0 Å². The SMILES string of the molecule is COc1cccc(CCCP(Br)(c2ccccc2)(c2ccccc2)c2ccccc2)c1. The Morgan fingerprint density at radius 3 is 1.58 bits per heavy atom. The van der Waals surface area contributed by atoms with Gasteiger partial charge in [0.15, 0.2) is 0 Å². The number of hydrogen-bond donors (Lipinski definition) is 0. The van der Waals surface area contributed by atoms with Crippen molar-refractivity contribution in [2.24, 2.45) is 0 Å². The van der Waals surface area contributed by atoms with Crippen molar-refractivity contribution >= 4 is 36.7 Å². The second kappa shape index (κ2) is 9.39. The normalized spacial score (nSPS) is 12.6. The molecule has 0 aliphatic carbocycles. The molecule has 1 nitrogen and oxygen atoms in total. The number of benzene rings is 4. The zero-order chi connectivity index (χ0) is 21.6. The van der Waals surface area contributed by atoms with E-state index in [1.165, 1.54) is 21.5 Å². The second-order valence-corrected chi connectivity index (χ2v) is 16.9. The third kappa shape index (κ3) is 4.20. The van der Waals surface area contributed by atoms with Crippen LogP contribution in [0.25, 0.3) is 0 Å². The van der Waals surface area contributed by atoms with Crippen LogP contribution >= 0.6 is 20.8 Å². The third-order valence-electron chi connectivity index (χ3n) is 6.06. The summed E-state index contributed by atoms with van der Waals surface area (Å²) in [6.45, 7) is 0. The van der Waals surface area contributed by atoms with E-state index < -0.39 is 5.31 Å². The molecule has 4 aromatic carbocycles. The first kappa shape index (κ1) is 21.8. The fourth-order valence-corrected chi connectivity index (χ4v) is 12.1. The zero-order valence-corrected chi connectivity index (χ0v) is 20.3. The van der Waals surface area contributed by atoms with Gasteiger partial charge in [-0.25, -0.2) is 0 Å². The summed E-state index contributed by atoms with van der Waals surface area (Å²) in [5, 5.41) is 1.28. The first-order valence-corrected chi connectivity index (χ1v) is 15.1. The molecule has 0 fully saturated rings. The van der Waals surface area contributed by atoms with E-state index in [0.29, 0.717) is 0 Å². The van der Waals surface area contributed by atoms with Crippen LogP contribution in [0.5, 0.6) is 5.75 Å². The zero-order valence-electron chi connectivity index (χ0n) is 17.8. The van der Waals surface area contributed by atoms with E-state index >= 15 is 0 Å². The van der Waals surface area contributed by atoms with Crippen molar-refractivity contribution in [3.05, 3.63) is 121 Å². The van der Waals surface area contributed by atoms with Gasteiger partial charge < -0.3 is 0 Å². The molecule has 0 aliphatic rings. The van der Waals surface area contributed by atoms with E-state index in [4.69, 9.17) is 4.74 Å². The van der Waals surface area contributed by atoms with E-state index in [1.807, 2.05) is 6.07 Å². The van der Waals surface area contributed by atoms with Crippen molar-refractivity contribution in [3.63, 3.8) is 0 Å². The minimum absolute atomic E-state index is 0.919. The molecule has 4 rings (SSSR count). The second-order valence-electron chi connectivity index (χ2n) is 7.87. The summed E-state index contributed by atoms with van der Waals surface area (Å²) >= 11 is 4.53. The summed E-state index contributed by atoms with van der Waals surface area (Å²) in [7, 11) is 1.73. The number of hydrogen-bond acceptors (Lipinski definition) is 1. The molecular weight excluding hydrogens is 463 g/mol. The van der Waals surface area contributed by atoms with E-state index in [1.54, 1.807) is 7.11 Å². The van der Waals surface area contributed by atoms with Crippen molar-refractivity contribution in [2.75, 3.05) is 13.3 Å². The number of rotatable bonds is 8. The standard InChI is InChI=1S/C28H28BrOP/c1-30-25-15-11-13-24(23-25)14-12-22-31(29,26-16-5-2-6-17-26,27-18-7-3-8-19-27)28-20-9-4-10-21-28/h2-11,13,15-21,23H,12,14,22H2,1H3. The molecule has 0 aromatic heterocycles. The molecule has 158 valence electrons. The number of ether oxygens (including phenoxy) is 1. The molecule has 4 aromatic rings. The fourth-order valence-electron chi connectivity index (χ4n) is 4.46. The van der Waals surface area contributed by atoms with Gasteiger partial charge >= 0.3 is 194 Å². The van der Waals surface area contributed by atoms with Crippen LogP contribution in [0.15, 0.2) is 115 Å². The molecule has 0 atom stereocenters. The van der Waals surface area contributed by atoms with Gasteiger partial charge in [-0.15, -0.1) is 0 Å². The van der Waals surface area contributed by atoms with Crippen molar-refractivity contribution in [1.82, 2.24) is 0 Å². The fraction of sp³-hybridized carbons (Fsp3) is 0.143. The Kier molecular flexibility index (Phi) is 6.60. The van der Waals surface area contributed by atoms with Crippen LogP contribution in [0.4, 0.5) is 0 Å². The summed E-state index contributed by atoms with van der Waals surface area (Å²) in [6.07, 6.45) is 3.11. The van der Waals surface area contributed by atoms with Crippen LogP contribution in [0, 0.1) is 0 Å². The monoisotopic (exact) mass is 490 g/mol. The molecule has 0 saturated heterocycles. The average Bonchev–Trinajstić information content (AvgIpc) is 2.86. The Labute approximate surface area is 193 Å². The van der Waals surface area contributed by atoms with Crippen LogP contribution in [-0.2, 0) is 6.42 Å². The summed E-state index contributed by atoms with van der Waals surface area (Å²) in [4.78, 5) is 0.